The number of ether oxygens (including phenoxy) is 1. The van der Waals surface area contributed by atoms with Gasteiger partial charge in [-0.05, 0) is 49.6 Å². The number of aryl methyl sites for hydroxylation is 1. The van der Waals surface area contributed by atoms with Crippen LogP contribution in [0.15, 0.2) is 46.3 Å². The number of nitrogens with zero attached hydrogens (tertiary/aromatic N) is 3. The van der Waals surface area contributed by atoms with Crippen molar-refractivity contribution in [3.8, 4) is 0 Å². The molecule has 1 unspecified atom stereocenters. The molecule has 11 heteroatoms. The van der Waals surface area contributed by atoms with Crippen LogP contribution < -0.4 is 4.80 Å². The number of fused-ring (bicyclic) bond motifs is 1. The summed E-state index contributed by atoms with van der Waals surface area (Å²) in [6, 6.07) is 7.55. The number of hydrogen-bond donors (Lipinski definition) is 0. The maximum atomic E-state index is 14.4. The van der Waals surface area contributed by atoms with Gasteiger partial charge in [0.25, 0.3) is 5.91 Å². The highest BCUT2D eigenvalue weighted by Gasteiger charge is 2.26. The lowest BCUT2D eigenvalue weighted by Crippen LogP contribution is -2.34. The average Bonchev–Trinajstić information content (AvgIpc) is 3.42. The molecule has 0 N–H and O–H groups in total. The van der Waals surface area contributed by atoms with Crippen molar-refractivity contribution < 1.29 is 26.7 Å². The van der Waals surface area contributed by atoms with Crippen LogP contribution in [0.5, 0.6) is 0 Å². The molecule has 4 rings (SSSR count). The van der Waals surface area contributed by atoms with E-state index in [1.165, 1.54) is 41.7 Å². The number of thiazole rings is 1. The molecule has 1 amide bonds. The predicted molar refractivity (Wildman–Crippen MR) is 125 cm³/mol. The highest BCUT2D eigenvalue weighted by Crippen LogP contribution is 2.23. The molecule has 3 aromatic rings. The molecule has 0 spiro atoms. The lowest BCUT2D eigenvalue weighted by Gasteiger charge is -2.20. The number of rotatable bonds is 7. The van der Waals surface area contributed by atoms with Crippen molar-refractivity contribution in [2.45, 2.75) is 43.7 Å². The molecule has 1 aliphatic rings. The Hall–Kier alpha value is -2.47. The summed E-state index contributed by atoms with van der Waals surface area (Å²) in [5.41, 5.74) is 0.392. The third-order valence-electron chi connectivity index (χ3n) is 5.63. The molecule has 182 valence electrons. The van der Waals surface area contributed by atoms with Crippen molar-refractivity contribution in [3.05, 3.63) is 58.4 Å². The van der Waals surface area contributed by atoms with E-state index in [-0.39, 0.29) is 33.4 Å². The Morgan fingerprint density at radius 1 is 1.26 bits per heavy atom. The molecule has 0 radical (unpaired) electrons. The number of sulfonamides is 1. The van der Waals surface area contributed by atoms with Crippen LogP contribution in [-0.2, 0) is 21.3 Å². The Balaban J connectivity index is 1.61. The first-order valence-electron chi connectivity index (χ1n) is 11.0. The van der Waals surface area contributed by atoms with Crippen LogP contribution in [-0.4, -0.2) is 49.5 Å². The molecule has 1 aliphatic heterocycles. The first-order valence-corrected chi connectivity index (χ1v) is 13.2. The van der Waals surface area contributed by atoms with Crippen LogP contribution in [0.2, 0.25) is 0 Å². The van der Waals surface area contributed by atoms with Gasteiger partial charge in [0.1, 0.15) is 5.82 Å². The largest absolute Gasteiger partial charge is 0.377 e. The number of halogens is 2. The van der Waals surface area contributed by atoms with E-state index in [0.717, 1.165) is 30.2 Å². The van der Waals surface area contributed by atoms with Crippen molar-refractivity contribution in [1.82, 2.24) is 8.87 Å². The van der Waals surface area contributed by atoms with Crippen LogP contribution in [0.4, 0.5) is 8.78 Å². The molecule has 1 aromatic heterocycles. The molecular weight excluding hydrogens is 484 g/mol. The zero-order valence-electron chi connectivity index (χ0n) is 18.8. The lowest BCUT2D eigenvalue weighted by molar-refractivity contribution is 0.0979. The quantitative estimate of drug-likeness (QED) is 0.483. The van der Waals surface area contributed by atoms with Crippen LogP contribution in [0.3, 0.4) is 0 Å². The van der Waals surface area contributed by atoms with Gasteiger partial charge < -0.3 is 9.30 Å². The minimum Gasteiger partial charge on any atom is -0.377 e. The molecule has 0 bridgehead atoms. The van der Waals surface area contributed by atoms with Gasteiger partial charge in [-0.15, -0.1) is 0 Å². The Labute approximate surface area is 200 Å². The fourth-order valence-corrected chi connectivity index (χ4v) is 6.22. The number of benzene rings is 2. The van der Waals surface area contributed by atoms with E-state index in [2.05, 4.69) is 4.99 Å². The molecule has 1 fully saturated rings. The van der Waals surface area contributed by atoms with E-state index in [1.54, 1.807) is 4.57 Å². The Morgan fingerprint density at radius 3 is 2.65 bits per heavy atom. The predicted octanol–water partition coefficient (Wildman–Crippen LogP) is 3.93. The summed E-state index contributed by atoms with van der Waals surface area (Å²) in [5, 5.41) is 0. The van der Waals surface area contributed by atoms with E-state index in [0.29, 0.717) is 24.3 Å². The Bertz CT molecular complexity index is 1380. The van der Waals surface area contributed by atoms with Crippen LogP contribution >= 0.6 is 11.3 Å². The highest BCUT2D eigenvalue weighted by atomic mass is 32.2. The van der Waals surface area contributed by atoms with Gasteiger partial charge in [0, 0.05) is 38.4 Å². The van der Waals surface area contributed by atoms with Gasteiger partial charge in [-0.1, -0.05) is 18.3 Å². The van der Waals surface area contributed by atoms with Gasteiger partial charge in [0.05, 0.1) is 21.2 Å². The molecule has 2 heterocycles. The van der Waals surface area contributed by atoms with Gasteiger partial charge in [-0.3, -0.25) is 4.79 Å². The van der Waals surface area contributed by atoms with Crippen molar-refractivity contribution in [2.24, 2.45) is 4.99 Å². The minimum absolute atomic E-state index is 0.0602. The second-order valence-corrected chi connectivity index (χ2v) is 11.2. The van der Waals surface area contributed by atoms with E-state index >= 15 is 0 Å². The average molecular weight is 510 g/mol. The Morgan fingerprint density at radius 2 is 2.00 bits per heavy atom. The van der Waals surface area contributed by atoms with Crippen molar-refractivity contribution in [3.63, 3.8) is 0 Å². The highest BCUT2D eigenvalue weighted by molar-refractivity contribution is 7.89. The SMILES string of the molecule is CCCn1c(=NC(=O)c2ccc(S(=O)(=O)N(C)CC3CCCO3)cc2)sc2cc(F)cc(F)c21. The molecule has 1 saturated heterocycles. The van der Waals surface area contributed by atoms with E-state index in [9.17, 15) is 22.0 Å². The number of carbonyl (C=O) groups excluding carboxylic acids is 1. The van der Waals surface area contributed by atoms with E-state index in [4.69, 9.17) is 4.74 Å². The summed E-state index contributed by atoms with van der Waals surface area (Å²) in [6.45, 7) is 3.21. The zero-order chi connectivity index (χ0) is 24.5. The maximum Gasteiger partial charge on any atom is 0.279 e. The second-order valence-electron chi connectivity index (χ2n) is 8.13. The summed E-state index contributed by atoms with van der Waals surface area (Å²) in [5.74, 6) is -2.02. The number of aromatic nitrogens is 1. The van der Waals surface area contributed by atoms with Crippen LogP contribution in [0.25, 0.3) is 10.2 Å². The third kappa shape index (κ3) is 4.97. The van der Waals surface area contributed by atoms with Gasteiger partial charge in [-0.25, -0.2) is 17.2 Å². The summed E-state index contributed by atoms with van der Waals surface area (Å²) in [6.07, 6.45) is 2.28. The number of carbonyl (C=O) groups is 1. The van der Waals surface area contributed by atoms with Crippen LogP contribution in [0, 0.1) is 11.6 Å². The fourth-order valence-electron chi connectivity index (χ4n) is 3.92. The summed E-state index contributed by atoms with van der Waals surface area (Å²) < 4.78 is 62.5. The topological polar surface area (TPSA) is 81.0 Å². The normalized spacial score (nSPS) is 17.2. The third-order valence-corrected chi connectivity index (χ3v) is 8.50. The van der Waals surface area contributed by atoms with Gasteiger partial charge in [-0.2, -0.15) is 9.30 Å². The minimum atomic E-state index is -3.74. The summed E-state index contributed by atoms with van der Waals surface area (Å²) in [7, 11) is -2.23. The lowest BCUT2D eigenvalue weighted by atomic mass is 10.2. The van der Waals surface area contributed by atoms with Crippen LogP contribution in [0.1, 0.15) is 36.5 Å². The standard InChI is InChI=1S/C23H25F2N3O4S2/c1-3-10-28-21-19(25)12-16(24)13-20(21)33-23(28)26-22(29)15-6-8-18(9-7-15)34(30,31)27(2)14-17-5-4-11-32-17/h6-9,12-13,17H,3-5,10-11,14H2,1-2H3. The van der Waals surface area contributed by atoms with Crippen molar-refractivity contribution in [2.75, 3.05) is 20.2 Å². The molecular formula is C23H25F2N3O4S2. The zero-order valence-corrected chi connectivity index (χ0v) is 20.5. The smallest absolute Gasteiger partial charge is 0.279 e. The Kier molecular flexibility index (Phi) is 7.27. The summed E-state index contributed by atoms with van der Waals surface area (Å²) >= 11 is 1.02. The fraction of sp³-hybridized carbons (Fsp3) is 0.391. The number of hydrogen-bond acceptors (Lipinski definition) is 5. The number of amides is 1. The van der Waals surface area contributed by atoms with Crippen molar-refractivity contribution in [1.29, 1.82) is 0 Å². The molecule has 34 heavy (non-hydrogen) atoms. The van der Waals surface area contributed by atoms with E-state index in [1.807, 2.05) is 6.92 Å². The van der Waals surface area contributed by atoms with Gasteiger partial charge in [0.15, 0.2) is 10.6 Å². The van der Waals surface area contributed by atoms with Gasteiger partial charge in [0.2, 0.25) is 10.0 Å². The summed E-state index contributed by atoms with van der Waals surface area (Å²) in [4.78, 5) is 17.2. The molecule has 0 aliphatic carbocycles. The first kappa shape index (κ1) is 24.6. The monoisotopic (exact) mass is 509 g/mol. The van der Waals surface area contributed by atoms with Crippen molar-refractivity contribution >= 4 is 37.5 Å². The first-order chi connectivity index (χ1) is 16.2. The van der Waals surface area contributed by atoms with Gasteiger partial charge >= 0.3 is 0 Å². The molecule has 7 nitrogen and oxygen atoms in total. The molecule has 0 saturated carbocycles. The maximum absolute atomic E-state index is 14.4. The molecule has 2 aromatic carbocycles. The van der Waals surface area contributed by atoms with E-state index < -0.39 is 27.6 Å². The molecule has 1 atom stereocenters. The second kappa shape index (κ2) is 10.0. The number of likely N-dealkylation sites (N-methyl/N-ethyl adjacent to an activating group) is 1.